The van der Waals surface area contributed by atoms with Crippen molar-refractivity contribution in [3.63, 3.8) is 0 Å². The van der Waals surface area contributed by atoms with E-state index in [1.165, 1.54) is 42.5 Å². The van der Waals surface area contributed by atoms with Crippen LogP contribution in [0.2, 0.25) is 0 Å². The number of carbonyl (C=O) groups excluding carboxylic acids is 1. The molecule has 6 heteroatoms. The van der Waals surface area contributed by atoms with Gasteiger partial charge in [-0.1, -0.05) is 24.3 Å². The minimum absolute atomic E-state index is 0.158. The Balaban J connectivity index is 1.94. The second-order valence-corrected chi connectivity index (χ2v) is 5.12. The van der Waals surface area contributed by atoms with Crippen LogP contribution in [-0.4, -0.2) is 5.97 Å². The van der Waals surface area contributed by atoms with Crippen LogP contribution in [0.25, 0.3) is 11.6 Å². The number of halogens is 4. The van der Waals surface area contributed by atoms with Crippen molar-refractivity contribution in [2.45, 2.75) is 6.18 Å². The van der Waals surface area contributed by atoms with Gasteiger partial charge in [0.05, 0.1) is 5.56 Å². The first-order valence-electron chi connectivity index (χ1n) is 6.92. The maximum Gasteiger partial charge on any atom is 0.416 e. The molecule has 0 radical (unpaired) electrons. The summed E-state index contributed by atoms with van der Waals surface area (Å²) in [7, 11) is 0. The summed E-state index contributed by atoms with van der Waals surface area (Å²) in [6.45, 7) is 0. The highest BCUT2D eigenvalue weighted by Gasteiger charge is 2.30. The molecule has 1 aliphatic rings. The molecule has 0 spiro atoms. The van der Waals surface area contributed by atoms with E-state index in [9.17, 15) is 22.4 Å². The molecule has 0 aromatic heterocycles. The molecule has 24 heavy (non-hydrogen) atoms. The highest BCUT2D eigenvalue weighted by atomic mass is 19.4. The van der Waals surface area contributed by atoms with E-state index in [2.05, 4.69) is 0 Å². The van der Waals surface area contributed by atoms with Gasteiger partial charge in [-0.15, -0.1) is 0 Å². The third-order valence-corrected chi connectivity index (χ3v) is 3.41. The summed E-state index contributed by atoms with van der Waals surface area (Å²) in [6, 6.07) is 10.0. The molecule has 0 atom stereocenters. The molecule has 2 aromatic rings. The van der Waals surface area contributed by atoms with Crippen LogP contribution in [0, 0.1) is 5.82 Å². The average Bonchev–Trinajstić information content (AvgIpc) is 2.87. The Morgan fingerprint density at radius 3 is 2.33 bits per heavy atom. The van der Waals surface area contributed by atoms with E-state index in [1.54, 1.807) is 6.07 Å². The van der Waals surface area contributed by atoms with E-state index < -0.39 is 23.5 Å². The van der Waals surface area contributed by atoms with Crippen LogP contribution in [0.3, 0.4) is 0 Å². The number of carbonyl (C=O) groups is 1. The van der Waals surface area contributed by atoms with E-state index >= 15 is 0 Å². The molecule has 0 N–H and O–H groups in total. The Hall–Kier alpha value is -2.89. The molecule has 0 bridgehead atoms. The predicted molar refractivity (Wildman–Crippen MR) is 79.9 cm³/mol. The maximum absolute atomic E-state index is 13.3. The van der Waals surface area contributed by atoms with Crippen molar-refractivity contribution in [2.24, 2.45) is 0 Å². The first kappa shape index (κ1) is 16.0. The molecule has 0 unspecified atom stereocenters. The topological polar surface area (TPSA) is 26.3 Å². The molecule has 1 aliphatic heterocycles. The van der Waals surface area contributed by atoms with Crippen molar-refractivity contribution in [1.82, 2.24) is 0 Å². The van der Waals surface area contributed by atoms with Gasteiger partial charge in [0.15, 0.2) is 0 Å². The number of allylic oxidation sites excluding steroid dienone is 1. The largest absolute Gasteiger partial charge is 0.423 e. The van der Waals surface area contributed by atoms with Gasteiger partial charge in [-0.3, -0.25) is 0 Å². The van der Waals surface area contributed by atoms with Crippen LogP contribution in [0.1, 0.15) is 16.7 Å². The lowest BCUT2D eigenvalue weighted by Gasteiger charge is -2.07. The van der Waals surface area contributed by atoms with Crippen LogP contribution >= 0.6 is 0 Å². The number of hydrogen-bond acceptors (Lipinski definition) is 2. The molecular weight excluding hydrogens is 324 g/mol. The Kier molecular flexibility index (Phi) is 3.97. The third-order valence-electron chi connectivity index (χ3n) is 3.41. The van der Waals surface area contributed by atoms with Crippen LogP contribution < -0.4 is 0 Å². The first-order chi connectivity index (χ1) is 11.3. The number of ether oxygens (including phenoxy) is 1. The summed E-state index contributed by atoms with van der Waals surface area (Å²) < 4.78 is 56.1. The smallest absolute Gasteiger partial charge is 0.416 e. The normalized spacial score (nSPS) is 16.2. The van der Waals surface area contributed by atoms with Gasteiger partial charge in [-0.25, -0.2) is 9.18 Å². The fourth-order valence-electron chi connectivity index (χ4n) is 2.29. The van der Waals surface area contributed by atoms with Crippen molar-refractivity contribution in [1.29, 1.82) is 0 Å². The zero-order chi connectivity index (χ0) is 17.3. The highest BCUT2D eigenvalue weighted by Crippen LogP contribution is 2.33. The summed E-state index contributed by atoms with van der Waals surface area (Å²) in [4.78, 5) is 11.5. The summed E-state index contributed by atoms with van der Waals surface area (Å²) >= 11 is 0. The van der Waals surface area contributed by atoms with Gasteiger partial charge in [-0.2, -0.15) is 13.2 Å². The quantitative estimate of drug-likeness (QED) is 0.581. The zero-order valence-corrected chi connectivity index (χ0v) is 12.1. The molecule has 122 valence electrons. The highest BCUT2D eigenvalue weighted by molar-refractivity contribution is 6.03. The predicted octanol–water partition coefficient (Wildman–Crippen LogP) is 4.83. The van der Waals surface area contributed by atoms with Crippen molar-refractivity contribution in [2.75, 3.05) is 0 Å². The molecule has 0 fully saturated rings. The maximum atomic E-state index is 13.3. The van der Waals surface area contributed by atoms with Crippen molar-refractivity contribution >= 4 is 17.6 Å². The second-order valence-electron chi connectivity index (χ2n) is 5.12. The Morgan fingerprint density at radius 2 is 1.71 bits per heavy atom. The molecule has 3 rings (SSSR count). The van der Waals surface area contributed by atoms with Gasteiger partial charge in [0.2, 0.25) is 0 Å². The summed E-state index contributed by atoms with van der Waals surface area (Å²) in [6.07, 6.45) is -1.77. The number of esters is 1. The molecular formula is C18H10F4O2. The fourth-order valence-corrected chi connectivity index (χ4v) is 2.29. The van der Waals surface area contributed by atoms with E-state index in [-0.39, 0.29) is 5.76 Å². The lowest BCUT2D eigenvalue weighted by molar-refractivity contribution is -0.137. The molecule has 0 aliphatic carbocycles. The summed E-state index contributed by atoms with van der Waals surface area (Å²) in [5, 5.41) is 0. The average molecular weight is 334 g/mol. The van der Waals surface area contributed by atoms with Gasteiger partial charge in [0, 0.05) is 11.6 Å². The molecule has 0 amide bonds. The number of cyclic esters (lactones) is 1. The number of benzene rings is 2. The zero-order valence-electron chi connectivity index (χ0n) is 12.1. The number of alkyl halides is 3. The SMILES string of the molecule is O=C1C=C(c2cccc(F)c2)/C(=C/c2ccc(C(F)(F)F)cc2)O1. The lowest BCUT2D eigenvalue weighted by atomic mass is 10.0. The van der Waals surface area contributed by atoms with Gasteiger partial charge in [-0.05, 0) is 41.5 Å². The summed E-state index contributed by atoms with van der Waals surface area (Å²) in [5.74, 6) is -0.931. The molecule has 1 heterocycles. The second kappa shape index (κ2) is 5.96. The van der Waals surface area contributed by atoms with Gasteiger partial charge in [0.25, 0.3) is 0 Å². The van der Waals surface area contributed by atoms with Crippen LogP contribution in [0.5, 0.6) is 0 Å². The van der Waals surface area contributed by atoms with Crippen molar-refractivity contribution < 1.29 is 27.1 Å². The van der Waals surface area contributed by atoms with Gasteiger partial charge >= 0.3 is 12.1 Å². The van der Waals surface area contributed by atoms with Crippen molar-refractivity contribution in [3.05, 3.63) is 82.9 Å². The number of rotatable bonds is 2. The van der Waals surface area contributed by atoms with Crippen LogP contribution in [0.4, 0.5) is 17.6 Å². The van der Waals surface area contributed by atoms with Gasteiger partial charge < -0.3 is 4.74 Å². The monoisotopic (exact) mass is 334 g/mol. The van der Waals surface area contributed by atoms with E-state index in [0.717, 1.165) is 12.1 Å². The first-order valence-corrected chi connectivity index (χ1v) is 6.92. The number of hydrogen-bond donors (Lipinski definition) is 0. The van der Waals surface area contributed by atoms with E-state index in [0.29, 0.717) is 16.7 Å². The van der Waals surface area contributed by atoms with Crippen LogP contribution in [0.15, 0.2) is 60.4 Å². The lowest BCUT2D eigenvalue weighted by Crippen LogP contribution is -2.04. The van der Waals surface area contributed by atoms with Crippen molar-refractivity contribution in [3.8, 4) is 0 Å². The standard InChI is InChI=1S/C18H10F4O2/c19-14-3-1-2-12(9-14)15-10-17(23)24-16(15)8-11-4-6-13(7-5-11)18(20,21)22/h1-10H/b16-8-. The van der Waals surface area contributed by atoms with Crippen LogP contribution in [-0.2, 0) is 15.7 Å². The molecule has 0 saturated heterocycles. The molecule has 2 aromatic carbocycles. The minimum Gasteiger partial charge on any atom is -0.423 e. The Bertz CT molecular complexity index is 846. The Morgan fingerprint density at radius 1 is 1.00 bits per heavy atom. The fraction of sp³-hybridized carbons (Fsp3) is 0.0556. The summed E-state index contributed by atoms with van der Waals surface area (Å²) in [5.41, 5.74) is 0.474. The minimum atomic E-state index is -4.42. The third kappa shape index (κ3) is 3.37. The van der Waals surface area contributed by atoms with E-state index in [4.69, 9.17) is 4.74 Å². The van der Waals surface area contributed by atoms with Gasteiger partial charge in [0.1, 0.15) is 11.6 Å². The molecule has 0 saturated carbocycles. The Labute approximate surface area is 134 Å². The van der Waals surface area contributed by atoms with E-state index in [1.807, 2.05) is 0 Å². The molecule has 2 nitrogen and oxygen atoms in total.